The highest BCUT2D eigenvalue weighted by Crippen LogP contribution is 2.26. The molecule has 138 valence electrons. The zero-order valence-electron chi connectivity index (χ0n) is 14.9. The monoisotopic (exact) mass is 424 g/mol. The Morgan fingerprint density at radius 2 is 1.96 bits per heavy atom. The molecule has 2 aromatic carbocycles. The molecule has 0 spiro atoms. The van der Waals surface area contributed by atoms with Crippen LogP contribution in [0.25, 0.3) is 5.69 Å². The smallest absolute Gasteiger partial charge is 0.254 e. The molecule has 1 unspecified atom stereocenters. The number of nitrogens with zero attached hydrogens (tertiary/aromatic N) is 3. The molecular weight excluding hydrogens is 404 g/mol. The molecule has 3 aromatic rings. The molecule has 1 amide bonds. The lowest BCUT2D eigenvalue weighted by Gasteiger charge is -2.19. The molecule has 1 N–H and O–H groups in total. The summed E-state index contributed by atoms with van der Waals surface area (Å²) in [6.45, 7) is 2.66. The van der Waals surface area contributed by atoms with Gasteiger partial charge in [0, 0.05) is 36.0 Å². The molecule has 1 atom stereocenters. The van der Waals surface area contributed by atoms with Crippen LogP contribution >= 0.6 is 15.9 Å². The molecule has 0 bridgehead atoms. The number of carbonyl (C=O) groups excluding carboxylic acids is 1. The average Bonchev–Trinajstić information content (AvgIpc) is 3.37. The molecule has 4 rings (SSSR count). The Bertz CT molecular complexity index is 925. The number of rotatable bonds is 5. The number of aromatic nitrogens is 2. The summed E-state index contributed by atoms with van der Waals surface area (Å²) in [4.78, 5) is 14.8. The number of anilines is 1. The first-order chi connectivity index (χ1) is 13.2. The minimum absolute atomic E-state index is 0.0712. The summed E-state index contributed by atoms with van der Waals surface area (Å²) in [5, 5.41) is 7.35. The van der Waals surface area contributed by atoms with E-state index in [4.69, 9.17) is 0 Å². The Balaban J connectivity index is 1.32. The summed E-state index contributed by atoms with van der Waals surface area (Å²) in [6.07, 6.45) is 4.47. The van der Waals surface area contributed by atoms with Crippen molar-refractivity contribution in [1.29, 1.82) is 0 Å². The van der Waals surface area contributed by atoms with Gasteiger partial charge in [0.1, 0.15) is 0 Å². The SMILES string of the molecule is O=C(NCC1CCN(c2cccc(Br)c2)C1)c1cnn(-c2ccccc2)c1. The average molecular weight is 425 g/mol. The number of amides is 1. The van der Waals surface area contributed by atoms with Gasteiger partial charge in [-0.1, -0.05) is 40.2 Å². The zero-order chi connectivity index (χ0) is 18.6. The number of halogens is 1. The first kappa shape index (κ1) is 17.8. The van der Waals surface area contributed by atoms with E-state index in [2.05, 4.69) is 49.4 Å². The molecule has 5 nitrogen and oxygen atoms in total. The highest BCUT2D eigenvalue weighted by molar-refractivity contribution is 9.10. The van der Waals surface area contributed by atoms with Gasteiger partial charge in [0.25, 0.3) is 5.91 Å². The van der Waals surface area contributed by atoms with E-state index < -0.39 is 0 Å². The maximum atomic E-state index is 12.5. The third kappa shape index (κ3) is 4.22. The van der Waals surface area contributed by atoms with E-state index in [-0.39, 0.29) is 5.91 Å². The third-order valence-corrected chi connectivity index (χ3v) is 5.37. The summed E-state index contributed by atoms with van der Waals surface area (Å²) >= 11 is 3.53. The largest absolute Gasteiger partial charge is 0.371 e. The van der Waals surface area contributed by atoms with Crippen molar-refractivity contribution in [1.82, 2.24) is 15.1 Å². The van der Waals surface area contributed by atoms with Gasteiger partial charge < -0.3 is 10.2 Å². The van der Waals surface area contributed by atoms with Crippen LogP contribution < -0.4 is 10.2 Å². The Labute approximate surface area is 167 Å². The second-order valence-electron chi connectivity index (χ2n) is 6.80. The molecule has 1 aliphatic rings. The van der Waals surface area contributed by atoms with Crippen LogP contribution in [-0.2, 0) is 0 Å². The van der Waals surface area contributed by atoms with Crippen LogP contribution in [0.1, 0.15) is 16.8 Å². The van der Waals surface area contributed by atoms with Gasteiger partial charge in [-0.2, -0.15) is 5.10 Å². The van der Waals surface area contributed by atoms with E-state index in [0.717, 1.165) is 29.7 Å². The summed E-state index contributed by atoms with van der Waals surface area (Å²) in [6, 6.07) is 18.1. The van der Waals surface area contributed by atoms with Gasteiger partial charge >= 0.3 is 0 Å². The van der Waals surface area contributed by atoms with Gasteiger partial charge in [-0.3, -0.25) is 4.79 Å². The fourth-order valence-electron chi connectivity index (χ4n) is 3.41. The molecular formula is C21H21BrN4O. The molecule has 0 radical (unpaired) electrons. The third-order valence-electron chi connectivity index (χ3n) is 4.88. The van der Waals surface area contributed by atoms with Crippen molar-refractivity contribution >= 4 is 27.5 Å². The Morgan fingerprint density at radius 3 is 2.78 bits per heavy atom. The number of nitrogens with one attached hydrogen (secondary N) is 1. The molecule has 1 aromatic heterocycles. The Morgan fingerprint density at radius 1 is 1.15 bits per heavy atom. The summed E-state index contributed by atoms with van der Waals surface area (Å²) in [5.74, 6) is 0.384. The van der Waals surface area contributed by atoms with Crippen LogP contribution in [0.5, 0.6) is 0 Å². The maximum Gasteiger partial charge on any atom is 0.254 e. The fraction of sp³-hybridized carbons (Fsp3) is 0.238. The number of hydrogen-bond acceptors (Lipinski definition) is 3. The first-order valence-corrected chi connectivity index (χ1v) is 9.87. The molecule has 1 aliphatic heterocycles. The van der Waals surface area contributed by atoms with Gasteiger partial charge in [-0.15, -0.1) is 0 Å². The van der Waals surface area contributed by atoms with E-state index >= 15 is 0 Å². The summed E-state index contributed by atoms with van der Waals surface area (Å²) in [5.41, 5.74) is 2.75. The quantitative estimate of drug-likeness (QED) is 0.675. The van der Waals surface area contributed by atoms with Crippen LogP contribution in [0.3, 0.4) is 0 Å². The van der Waals surface area contributed by atoms with Crippen LogP contribution in [0.15, 0.2) is 71.5 Å². The predicted octanol–water partition coefficient (Wildman–Crippen LogP) is 3.89. The standard InChI is InChI=1S/C21H21BrN4O/c22-18-5-4-8-20(11-18)25-10-9-16(14-25)12-23-21(27)17-13-24-26(15-17)19-6-2-1-3-7-19/h1-8,11,13,15-16H,9-10,12,14H2,(H,23,27). The van der Waals surface area contributed by atoms with Crippen LogP contribution in [-0.4, -0.2) is 35.3 Å². The first-order valence-electron chi connectivity index (χ1n) is 9.08. The van der Waals surface area contributed by atoms with Crippen molar-refractivity contribution in [2.45, 2.75) is 6.42 Å². The summed E-state index contributed by atoms with van der Waals surface area (Å²) < 4.78 is 2.81. The molecule has 0 saturated carbocycles. The molecule has 27 heavy (non-hydrogen) atoms. The van der Waals surface area contributed by atoms with Crippen molar-refractivity contribution < 1.29 is 4.79 Å². The predicted molar refractivity (Wildman–Crippen MR) is 110 cm³/mol. The minimum atomic E-state index is -0.0712. The number of para-hydroxylation sites is 1. The van der Waals surface area contributed by atoms with E-state index in [1.807, 2.05) is 36.4 Å². The van der Waals surface area contributed by atoms with Crippen LogP contribution in [0, 0.1) is 5.92 Å². The van der Waals surface area contributed by atoms with Crippen molar-refractivity contribution in [2.24, 2.45) is 5.92 Å². The van der Waals surface area contributed by atoms with Gasteiger partial charge in [-0.25, -0.2) is 4.68 Å². The van der Waals surface area contributed by atoms with Gasteiger partial charge in [0.2, 0.25) is 0 Å². The zero-order valence-corrected chi connectivity index (χ0v) is 16.5. The van der Waals surface area contributed by atoms with E-state index in [9.17, 15) is 4.79 Å². The lowest BCUT2D eigenvalue weighted by molar-refractivity contribution is 0.0948. The second kappa shape index (κ2) is 7.96. The second-order valence-corrected chi connectivity index (χ2v) is 7.72. The van der Waals surface area contributed by atoms with E-state index in [1.165, 1.54) is 5.69 Å². The Kier molecular flexibility index (Phi) is 5.25. The lowest BCUT2D eigenvalue weighted by Crippen LogP contribution is -2.30. The van der Waals surface area contributed by atoms with E-state index in [1.54, 1.807) is 17.1 Å². The maximum absolute atomic E-state index is 12.5. The van der Waals surface area contributed by atoms with Crippen LogP contribution in [0.4, 0.5) is 5.69 Å². The summed E-state index contributed by atoms with van der Waals surface area (Å²) in [7, 11) is 0. The fourth-order valence-corrected chi connectivity index (χ4v) is 3.79. The molecule has 1 saturated heterocycles. The van der Waals surface area contributed by atoms with Gasteiger partial charge in [-0.05, 0) is 42.7 Å². The number of hydrogen-bond donors (Lipinski definition) is 1. The normalized spacial score (nSPS) is 16.5. The van der Waals surface area contributed by atoms with Gasteiger partial charge in [0.15, 0.2) is 0 Å². The molecule has 2 heterocycles. The highest BCUT2D eigenvalue weighted by Gasteiger charge is 2.23. The van der Waals surface area contributed by atoms with Crippen molar-refractivity contribution in [3.63, 3.8) is 0 Å². The minimum Gasteiger partial charge on any atom is -0.371 e. The van der Waals surface area contributed by atoms with Crippen molar-refractivity contribution in [3.05, 3.63) is 77.0 Å². The van der Waals surface area contributed by atoms with Crippen molar-refractivity contribution in [2.75, 3.05) is 24.5 Å². The molecule has 1 fully saturated rings. The lowest BCUT2D eigenvalue weighted by atomic mass is 10.1. The van der Waals surface area contributed by atoms with Crippen LogP contribution in [0.2, 0.25) is 0 Å². The van der Waals surface area contributed by atoms with Crippen molar-refractivity contribution in [3.8, 4) is 5.69 Å². The number of carbonyl (C=O) groups is 1. The molecule has 6 heteroatoms. The number of benzene rings is 2. The highest BCUT2D eigenvalue weighted by atomic mass is 79.9. The topological polar surface area (TPSA) is 50.2 Å². The van der Waals surface area contributed by atoms with E-state index in [0.29, 0.717) is 18.0 Å². The molecule has 0 aliphatic carbocycles. The van der Waals surface area contributed by atoms with Gasteiger partial charge in [0.05, 0.1) is 17.4 Å². The Hall–Kier alpha value is -2.60.